The molecule has 4 aromatic rings. The van der Waals surface area contributed by atoms with E-state index in [4.69, 9.17) is 10.5 Å². The number of rotatable bonds is 3. The van der Waals surface area contributed by atoms with Gasteiger partial charge in [-0.15, -0.1) is 0 Å². The summed E-state index contributed by atoms with van der Waals surface area (Å²) in [6.07, 6.45) is 7.42. The molecule has 5 heterocycles. The average Bonchev–Trinajstić information content (AvgIpc) is 3.56. The Morgan fingerprint density at radius 2 is 1.34 bits per heavy atom. The third-order valence-electron chi connectivity index (χ3n) is 6.92. The maximum absolute atomic E-state index is 11.4. The second-order valence-corrected chi connectivity index (χ2v) is 9.28. The van der Waals surface area contributed by atoms with Gasteiger partial charge in [0, 0.05) is 58.3 Å². The van der Waals surface area contributed by atoms with Crippen molar-refractivity contribution in [2.75, 3.05) is 5.73 Å². The van der Waals surface area contributed by atoms with Crippen LogP contribution in [0.4, 0.5) is 5.69 Å². The first kappa shape index (κ1) is 23.7. The highest BCUT2D eigenvalue weighted by molar-refractivity contribution is 6.16. The summed E-state index contributed by atoms with van der Waals surface area (Å²) in [4.78, 5) is 28.6. The van der Waals surface area contributed by atoms with Gasteiger partial charge in [-0.05, 0) is 64.7 Å². The normalized spacial score (nSPS) is 14.8. The number of ether oxygens (including phenoxy) is 1. The molecule has 0 saturated heterocycles. The van der Waals surface area contributed by atoms with Gasteiger partial charge in [-0.2, -0.15) is 0 Å². The number of nitrogens with zero attached hydrogens (tertiary/aromatic N) is 4. The van der Waals surface area contributed by atoms with Gasteiger partial charge >= 0.3 is 5.97 Å². The highest BCUT2D eigenvalue weighted by atomic mass is 16.5. The molecule has 0 unspecified atom stereocenters. The van der Waals surface area contributed by atoms with Gasteiger partial charge in [0.15, 0.2) is 0 Å². The third kappa shape index (κ3) is 4.46. The highest BCUT2D eigenvalue weighted by Crippen LogP contribution is 2.29. The molecule has 0 spiro atoms. The number of carbonyl (C=O) groups excluding carboxylic acids is 1. The fourth-order valence-corrected chi connectivity index (χ4v) is 4.96. The summed E-state index contributed by atoms with van der Waals surface area (Å²) >= 11 is 0. The minimum atomic E-state index is -0.147. The number of nitrogens with two attached hydrogens (primary N) is 1. The van der Waals surface area contributed by atoms with Gasteiger partial charge in [0.2, 0.25) is 0 Å². The Morgan fingerprint density at radius 1 is 0.763 bits per heavy atom. The van der Waals surface area contributed by atoms with Crippen molar-refractivity contribution in [3.8, 4) is 0 Å². The fraction of sp³-hybridized carbons (Fsp3) is 0.167. The van der Waals surface area contributed by atoms with Gasteiger partial charge in [-0.25, -0.2) is 0 Å². The highest BCUT2D eigenvalue weighted by Gasteiger charge is 2.24. The molecular weight excluding hydrogens is 478 g/mol. The molecule has 0 atom stereocenters. The zero-order valence-corrected chi connectivity index (χ0v) is 20.6. The van der Waals surface area contributed by atoms with Crippen molar-refractivity contribution in [2.45, 2.75) is 32.7 Å². The van der Waals surface area contributed by atoms with Crippen LogP contribution in [0.15, 0.2) is 83.3 Å². The molecule has 0 radical (unpaired) electrons. The van der Waals surface area contributed by atoms with E-state index in [1.165, 1.54) is 5.56 Å². The van der Waals surface area contributed by atoms with Crippen molar-refractivity contribution in [1.82, 2.24) is 9.97 Å². The van der Waals surface area contributed by atoms with Crippen LogP contribution in [-0.4, -0.2) is 32.5 Å². The summed E-state index contributed by atoms with van der Waals surface area (Å²) < 4.78 is 5.12. The molecule has 8 heteroatoms. The van der Waals surface area contributed by atoms with Crippen LogP contribution >= 0.6 is 0 Å². The van der Waals surface area contributed by atoms with E-state index in [0.717, 1.165) is 55.9 Å². The summed E-state index contributed by atoms with van der Waals surface area (Å²) in [6, 6.07) is 15.8. The minimum absolute atomic E-state index is 0.0528. The smallest absolute Gasteiger partial charge is 0.310 e. The molecule has 188 valence electrons. The predicted molar refractivity (Wildman–Crippen MR) is 144 cm³/mol. The second kappa shape index (κ2) is 9.99. The molecule has 0 amide bonds. The van der Waals surface area contributed by atoms with E-state index in [-0.39, 0.29) is 12.6 Å². The molecule has 3 aliphatic rings. The molecule has 8 nitrogen and oxygen atoms in total. The Morgan fingerprint density at radius 3 is 1.95 bits per heavy atom. The van der Waals surface area contributed by atoms with Crippen molar-refractivity contribution in [2.24, 2.45) is 9.98 Å². The molecule has 0 fully saturated rings. The summed E-state index contributed by atoms with van der Waals surface area (Å²) in [7, 11) is 0. The summed E-state index contributed by atoms with van der Waals surface area (Å²) in [5, 5.41) is 9.28. The quantitative estimate of drug-likeness (QED) is 0.326. The average molecular weight is 504 g/mol. The summed E-state index contributed by atoms with van der Waals surface area (Å²) in [6.45, 7) is 1.63. The monoisotopic (exact) mass is 503 g/mol. The van der Waals surface area contributed by atoms with E-state index in [0.29, 0.717) is 31.8 Å². The van der Waals surface area contributed by atoms with Crippen LogP contribution in [0.2, 0.25) is 0 Å². The molecule has 0 aliphatic carbocycles. The zero-order chi connectivity index (χ0) is 26.1. The number of aliphatic imine (C=N–C) groups is 2. The number of benzene rings is 2. The van der Waals surface area contributed by atoms with E-state index >= 15 is 0 Å². The van der Waals surface area contributed by atoms with Crippen LogP contribution in [0.3, 0.4) is 0 Å². The number of aliphatic hydroxyl groups excluding tert-OH is 1. The largest absolute Gasteiger partial charge is 0.461 e. The third-order valence-corrected chi connectivity index (χ3v) is 6.92. The number of anilines is 1. The minimum Gasteiger partial charge on any atom is -0.461 e. The van der Waals surface area contributed by atoms with Gasteiger partial charge in [0.1, 0.15) is 6.61 Å². The molecule has 3 aliphatic heterocycles. The van der Waals surface area contributed by atoms with Gasteiger partial charge in [-0.1, -0.05) is 6.07 Å². The van der Waals surface area contributed by atoms with Crippen LogP contribution in [0.5, 0.6) is 0 Å². The number of carbonyl (C=O) groups is 1. The lowest BCUT2D eigenvalue weighted by Crippen LogP contribution is -2.17. The van der Waals surface area contributed by atoms with Crippen molar-refractivity contribution in [3.63, 3.8) is 0 Å². The number of esters is 1. The first-order chi connectivity index (χ1) is 18.6. The first-order valence-corrected chi connectivity index (χ1v) is 12.3. The molecule has 0 saturated carbocycles. The van der Waals surface area contributed by atoms with E-state index < -0.39 is 0 Å². The van der Waals surface area contributed by atoms with Crippen LogP contribution in [0.25, 0.3) is 0 Å². The lowest BCUT2D eigenvalue weighted by atomic mass is 9.93. The van der Waals surface area contributed by atoms with Crippen LogP contribution in [0.1, 0.15) is 50.1 Å². The Balaban J connectivity index is 0.000000140. The lowest BCUT2D eigenvalue weighted by molar-refractivity contribution is -0.145. The van der Waals surface area contributed by atoms with Gasteiger partial charge < -0.3 is 15.6 Å². The molecule has 2 aromatic heterocycles. The van der Waals surface area contributed by atoms with Crippen LogP contribution in [0, 0.1) is 0 Å². The lowest BCUT2D eigenvalue weighted by Gasteiger charge is -2.17. The fourth-order valence-electron chi connectivity index (χ4n) is 4.96. The van der Waals surface area contributed by atoms with Crippen molar-refractivity contribution in [3.05, 3.63) is 123 Å². The Kier molecular flexibility index (Phi) is 6.23. The van der Waals surface area contributed by atoms with E-state index in [1.807, 2.05) is 36.4 Å². The number of hydrogen-bond donors (Lipinski definition) is 2. The van der Waals surface area contributed by atoms with Gasteiger partial charge in [-0.3, -0.25) is 24.7 Å². The molecular formula is C30H25N5O3. The number of hydrogen-bond acceptors (Lipinski definition) is 8. The summed E-state index contributed by atoms with van der Waals surface area (Å²) in [5.41, 5.74) is 18.0. The van der Waals surface area contributed by atoms with E-state index in [1.54, 1.807) is 24.8 Å². The van der Waals surface area contributed by atoms with E-state index in [2.05, 4.69) is 32.1 Å². The van der Waals surface area contributed by atoms with Gasteiger partial charge in [0.05, 0.1) is 37.5 Å². The second-order valence-electron chi connectivity index (χ2n) is 9.28. The maximum atomic E-state index is 11.4. The first-order valence-electron chi connectivity index (χ1n) is 12.3. The number of pyridine rings is 2. The Labute approximate surface area is 219 Å². The summed E-state index contributed by atoms with van der Waals surface area (Å²) in [5.74, 6) is -0.147. The molecule has 7 rings (SSSR count). The Bertz CT molecular complexity index is 1600. The molecule has 38 heavy (non-hydrogen) atoms. The number of aromatic nitrogens is 2. The van der Waals surface area contributed by atoms with Crippen LogP contribution < -0.4 is 5.73 Å². The van der Waals surface area contributed by atoms with Crippen LogP contribution in [-0.2, 0) is 42.3 Å². The number of fused-ring (bicyclic) bond motifs is 3. The number of cyclic esters (lactones) is 1. The van der Waals surface area contributed by atoms with Crippen molar-refractivity contribution >= 4 is 23.1 Å². The van der Waals surface area contributed by atoms with Crippen molar-refractivity contribution < 1.29 is 14.6 Å². The van der Waals surface area contributed by atoms with Crippen molar-refractivity contribution in [1.29, 1.82) is 0 Å². The molecule has 2 aromatic carbocycles. The molecule has 3 N–H and O–H groups in total. The molecule has 0 bridgehead atoms. The number of nitrogen functional groups attached to an aromatic ring is 1. The SMILES string of the molecule is Nc1cc2c(cc1CO)C(c1ccncc1)=NC2.O=C1Cc2cc3c(cc2CO1)C(c1ccncc1)=NC3. The predicted octanol–water partition coefficient (Wildman–Crippen LogP) is 3.54. The topological polar surface area (TPSA) is 123 Å². The van der Waals surface area contributed by atoms with Gasteiger partial charge in [0.25, 0.3) is 0 Å². The standard InChI is InChI=1S/C16H12N2O2.C14H13N3O/c19-15-7-11-5-12-8-18-16(10-1-3-17-4-2-10)14(12)6-13(11)9-20-15;15-13-6-10-7-17-14(9-1-3-16-4-2-9)12(10)5-11(13)8-18/h1-6H,7-9H2;1-6,18H,7-8,15H2. The Hall–Kier alpha value is -4.69. The van der Waals surface area contributed by atoms with E-state index in [9.17, 15) is 9.90 Å². The maximum Gasteiger partial charge on any atom is 0.310 e. The zero-order valence-electron chi connectivity index (χ0n) is 20.6. The number of aliphatic hydroxyl groups is 1.